The molecule has 0 spiro atoms. The second kappa shape index (κ2) is 14.6. The molecule has 0 radical (unpaired) electrons. The predicted octanol–water partition coefficient (Wildman–Crippen LogP) is 10.2. The van der Waals surface area contributed by atoms with Crippen LogP contribution in [0.3, 0.4) is 0 Å². The largest absolute Gasteiger partial charge is 0.309 e. The van der Waals surface area contributed by atoms with Gasteiger partial charge in [0, 0.05) is 21.3 Å². The maximum Gasteiger partial charge on any atom is 0.242 e. The number of rotatable bonds is 8. The third kappa shape index (κ3) is 6.55. The smallest absolute Gasteiger partial charge is 0.242 e. The summed E-state index contributed by atoms with van der Waals surface area (Å²) in [5.74, 6) is 0. The SMILES string of the molecule is Cc1cc(C)c(B(c2ccc(/C=C/c3ccc4c(c3)C(C)(C)c3cc(P(=O)(c5ccccc5)c5ccccc5)ccc3-4)cc2)c2c(C)cc(C)cc2C)c(C)c1. The normalized spacial score (nSPS) is 13.1. The first-order chi connectivity index (χ1) is 26.9. The molecule has 0 fully saturated rings. The highest BCUT2D eigenvalue weighted by Gasteiger charge is 2.38. The van der Waals surface area contributed by atoms with Gasteiger partial charge in [-0.05, 0) is 81.0 Å². The zero-order valence-electron chi connectivity index (χ0n) is 33.9. The van der Waals surface area contributed by atoms with Crippen LogP contribution in [0.4, 0.5) is 0 Å². The summed E-state index contributed by atoms with van der Waals surface area (Å²) in [6.45, 7) is 18.2. The minimum atomic E-state index is -3.09. The molecule has 0 N–H and O–H groups in total. The van der Waals surface area contributed by atoms with Crippen LogP contribution < -0.4 is 32.3 Å². The van der Waals surface area contributed by atoms with Crippen molar-refractivity contribution in [2.24, 2.45) is 0 Å². The van der Waals surface area contributed by atoms with E-state index in [1.54, 1.807) is 0 Å². The van der Waals surface area contributed by atoms with Crippen LogP contribution in [0, 0.1) is 41.5 Å². The lowest BCUT2D eigenvalue weighted by Crippen LogP contribution is -2.55. The Bertz CT molecular complexity index is 2540. The van der Waals surface area contributed by atoms with Gasteiger partial charge in [0.05, 0.1) is 0 Å². The van der Waals surface area contributed by atoms with E-state index in [0.717, 1.165) is 15.9 Å². The highest BCUT2D eigenvalue weighted by Crippen LogP contribution is 2.51. The minimum Gasteiger partial charge on any atom is -0.309 e. The number of hydrogen-bond donors (Lipinski definition) is 0. The van der Waals surface area contributed by atoms with Crippen LogP contribution in [-0.4, -0.2) is 6.71 Å². The first-order valence-corrected chi connectivity index (χ1v) is 21.5. The molecule has 1 aliphatic carbocycles. The Labute approximate surface area is 334 Å². The van der Waals surface area contributed by atoms with Gasteiger partial charge in [-0.1, -0.05) is 215 Å². The number of fused-ring (bicyclic) bond motifs is 3. The molecule has 0 amide bonds. The minimum absolute atomic E-state index is 0.157. The van der Waals surface area contributed by atoms with Crippen LogP contribution in [0.15, 0.2) is 146 Å². The van der Waals surface area contributed by atoms with Gasteiger partial charge in [0.2, 0.25) is 6.71 Å². The van der Waals surface area contributed by atoms with E-state index in [1.807, 2.05) is 60.7 Å². The molecule has 0 saturated carbocycles. The third-order valence-electron chi connectivity index (χ3n) is 12.1. The lowest BCUT2D eigenvalue weighted by molar-refractivity contribution is 0.592. The Balaban J connectivity index is 1.11. The molecule has 276 valence electrons. The maximum absolute atomic E-state index is 15.3. The molecule has 56 heavy (non-hydrogen) atoms. The lowest BCUT2D eigenvalue weighted by atomic mass is 9.34. The highest BCUT2D eigenvalue weighted by atomic mass is 31.2. The molecule has 0 aliphatic heterocycles. The van der Waals surface area contributed by atoms with Crippen molar-refractivity contribution in [3.8, 4) is 11.1 Å². The van der Waals surface area contributed by atoms with Crippen molar-refractivity contribution in [1.29, 1.82) is 0 Å². The van der Waals surface area contributed by atoms with Crippen LogP contribution in [-0.2, 0) is 9.98 Å². The molecule has 0 atom stereocenters. The molecular weight excluding hydrogens is 694 g/mol. The molecule has 0 saturated heterocycles. The average molecular weight is 745 g/mol. The number of aryl methyl sites for hydroxylation is 6. The van der Waals surface area contributed by atoms with E-state index in [2.05, 4.69) is 152 Å². The molecule has 0 aromatic heterocycles. The van der Waals surface area contributed by atoms with Crippen LogP contribution >= 0.6 is 7.14 Å². The van der Waals surface area contributed by atoms with Crippen molar-refractivity contribution in [2.75, 3.05) is 0 Å². The van der Waals surface area contributed by atoms with Crippen molar-refractivity contribution in [3.63, 3.8) is 0 Å². The standard InChI is InChI=1S/C53H50BOP/c1-35-29-37(3)51(38(4)30-35)54(52-39(5)31-36(2)32-40(52)6)43-24-21-41(22-25-43)19-20-42-23-27-47-48-28-26-46(34-50(48)53(7,8)49(47)33-42)56(55,44-15-11-9-12-16-44)45-17-13-10-14-18-45/h9-34H,1-8H3/b20-19+. The fraction of sp³-hybridized carbons (Fsp3) is 0.170. The molecule has 0 heterocycles. The molecule has 1 nitrogen and oxygen atoms in total. The first kappa shape index (κ1) is 37.5. The summed E-state index contributed by atoms with van der Waals surface area (Å²) in [6, 6.07) is 51.8. The first-order valence-electron chi connectivity index (χ1n) is 19.8. The number of hydrogen-bond acceptors (Lipinski definition) is 1. The zero-order valence-corrected chi connectivity index (χ0v) is 34.8. The fourth-order valence-corrected chi connectivity index (χ4v) is 12.2. The molecule has 3 heteroatoms. The van der Waals surface area contributed by atoms with Gasteiger partial charge in [-0.2, -0.15) is 0 Å². The van der Waals surface area contributed by atoms with Crippen molar-refractivity contribution < 1.29 is 4.57 Å². The average Bonchev–Trinajstić information content (AvgIpc) is 3.41. The highest BCUT2D eigenvalue weighted by molar-refractivity contribution is 7.85. The van der Waals surface area contributed by atoms with Gasteiger partial charge in [0.25, 0.3) is 0 Å². The summed E-state index contributed by atoms with van der Waals surface area (Å²) < 4.78 is 15.3. The summed E-state index contributed by atoms with van der Waals surface area (Å²) in [5, 5.41) is 2.59. The number of benzene rings is 7. The zero-order chi connectivity index (χ0) is 39.4. The van der Waals surface area contributed by atoms with Crippen LogP contribution in [0.5, 0.6) is 0 Å². The Kier molecular flexibility index (Phi) is 9.76. The van der Waals surface area contributed by atoms with Crippen LogP contribution in [0.1, 0.15) is 69.5 Å². The molecule has 0 unspecified atom stereocenters. The lowest BCUT2D eigenvalue weighted by Gasteiger charge is -2.25. The van der Waals surface area contributed by atoms with Crippen molar-refractivity contribution in [2.45, 2.75) is 60.8 Å². The molecular formula is C53H50BOP. The third-order valence-corrected chi connectivity index (χ3v) is 15.1. The van der Waals surface area contributed by atoms with Crippen molar-refractivity contribution in [1.82, 2.24) is 0 Å². The van der Waals surface area contributed by atoms with Crippen molar-refractivity contribution >= 4 is 58.3 Å². The molecule has 7 aromatic carbocycles. The second-order valence-corrected chi connectivity index (χ2v) is 19.3. The quantitative estimate of drug-likeness (QED) is 0.0861. The second-order valence-electron chi connectivity index (χ2n) is 16.5. The van der Waals surface area contributed by atoms with Crippen LogP contribution in [0.25, 0.3) is 23.3 Å². The Morgan fingerprint density at radius 2 is 0.893 bits per heavy atom. The summed E-state index contributed by atoms with van der Waals surface area (Å²) in [5.41, 5.74) is 19.2. The van der Waals surface area contributed by atoms with Gasteiger partial charge in [-0.15, -0.1) is 0 Å². The monoisotopic (exact) mass is 744 g/mol. The van der Waals surface area contributed by atoms with Gasteiger partial charge in [0.15, 0.2) is 7.14 Å². The van der Waals surface area contributed by atoms with Crippen molar-refractivity contribution in [3.05, 3.63) is 201 Å². The maximum atomic E-state index is 15.3. The summed E-state index contributed by atoms with van der Waals surface area (Å²) in [7, 11) is -3.09. The summed E-state index contributed by atoms with van der Waals surface area (Å²) in [4.78, 5) is 0. The van der Waals surface area contributed by atoms with Gasteiger partial charge in [-0.3, -0.25) is 0 Å². The molecule has 0 bridgehead atoms. The fourth-order valence-electron chi connectivity index (χ4n) is 9.53. The van der Waals surface area contributed by atoms with E-state index >= 15 is 4.57 Å². The van der Waals surface area contributed by atoms with E-state index < -0.39 is 7.14 Å². The van der Waals surface area contributed by atoms with Gasteiger partial charge in [0.1, 0.15) is 0 Å². The van der Waals surface area contributed by atoms with E-state index in [0.29, 0.717) is 0 Å². The molecule has 8 rings (SSSR count). The Morgan fingerprint density at radius 3 is 1.39 bits per heavy atom. The summed E-state index contributed by atoms with van der Waals surface area (Å²) in [6.07, 6.45) is 4.47. The van der Waals surface area contributed by atoms with Gasteiger partial charge < -0.3 is 4.57 Å². The van der Waals surface area contributed by atoms with Gasteiger partial charge in [-0.25, -0.2) is 0 Å². The Morgan fingerprint density at radius 1 is 0.464 bits per heavy atom. The molecule has 1 aliphatic rings. The topological polar surface area (TPSA) is 17.1 Å². The van der Waals surface area contributed by atoms with Crippen LogP contribution in [0.2, 0.25) is 0 Å². The molecule has 7 aromatic rings. The van der Waals surface area contributed by atoms with Gasteiger partial charge >= 0.3 is 0 Å². The van der Waals surface area contributed by atoms with E-state index in [-0.39, 0.29) is 12.1 Å². The van der Waals surface area contributed by atoms with E-state index in [9.17, 15) is 0 Å². The Hall–Kier alpha value is -5.43. The summed E-state index contributed by atoms with van der Waals surface area (Å²) >= 11 is 0. The van der Waals surface area contributed by atoms with E-state index in [4.69, 9.17) is 0 Å². The van der Waals surface area contributed by atoms with E-state index in [1.165, 1.54) is 83.1 Å². The predicted molar refractivity (Wildman–Crippen MR) is 245 cm³/mol.